The zero-order valence-electron chi connectivity index (χ0n) is 12.1. The maximum Gasteiger partial charge on any atom is 0.263 e. The van der Waals surface area contributed by atoms with Crippen LogP contribution in [0.3, 0.4) is 0 Å². The molecule has 1 saturated heterocycles. The molecule has 0 unspecified atom stereocenters. The number of aryl methyl sites for hydroxylation is 1. The molecule has 2 N–H and O–H groups in total. The molecule has 0 spiro atoms. The number of hydrogen-bond donors (Lipinski definition) is 2. The molecule has 3 heterocycles. The van der Waals surface area contributed by atoms with E-state index < -0.39 is 0 Å². The summed E-state index contributed by atoms with van der Waals surface area (Å²) in [6.07, 6.45) is 3.19. The maximum atomic E-state index is 9.67. The molecule has 1 aliphatic heterocycles. The Hall–Kier alpha value is -1.63. The minimum Gasteiger partial charge on any atom is -0.459 e. The van der Waals surface area contributed by atoms with Crippen LogP contribution in [0, 0.1) is 6.92 Å². The molecule has 1 aliphatic rings. The number of aliphatic hydroxyl groups is 1. The lowest BCUT2D eigenvalue weighted by atomic mass is 9.91. The van der Waals surface area contributed by atoms with Crippen molar-refractivity contribution in [1.29, 1.82) is 0 Å². The molecule has 0 radical (unpaired) electrons. The van der Waals surface area contributed by atoms with E-state index in [1.54, 1.807) is 12.3 Å². The molecule has 0 saturated carbocycles. The van der Waals surface area contributed by atoms with Crippen LogP contribution in [0.2, 0.25) is 0 Å². The molecule has 0 aliphatic carbocycles. The summed E-state index contributed by atoms with van der Waals surface area (Å²) in [6, 6.07) is 3.62. The molecule has 0 atom stereocenters. The smallest absolute Gasteiger partial charge is 0.263 e. The number of hydrogen-bond acceptors (Lipinski definition) is 6. The zero-order chi connectivity index (χ0) is 14.7. The average Bonchev–Trinajstić information content (AvgIpc) is 3.16. The summed E-state index contributed by atoms with van der Waals surface area (Å²) in [7, 11) is 0. The third-order valence-corrected chi connectivity index (χ3v) is 4.01. The standard InChI is InChI=1S/C15H20N2O4/c1-11-12(17-14(21-11)13-3-2-6-20-13)9-16-15(10-18)4-7-19-8-5-15/h2-3,6,16,18H,4-5,7-10H2,1H3. The SMILES string of the molecule is Cc1oc(-c2ccco2)nc1CNC1(CO)CCOCC1. The second-order valence-corrected chi connectivity index (χ2v) is 5.40. The average molecular weight is 292 g/mol. The molecule has 6 nitrogen and oxygen atoms in total. The summed E-state index contributed by atoms with van der Waals surface area (Å²) in [6.45, 7) is 3.87. The molecule has 0 amide bonds. The number of ether oxygens (including phenoxy) is 1. The monoisotopic (exact) mass is 292 g/mol. The number of nitrogens with one attached hydrogen (secondary N) is 1. The van der Waals surface area contributed by atoms with Crippen LogP contribution in [0.1, 0.15) is 24.3 Å². The van der Waals surface area contributed by atoms with Gasteiger partial charge in [0.15, 0.2) is 5.76 Å². The van der Waals surface area contributed by atoms with Gasteiger partial charge in [0.25, 0.3) is 5.89 Å². The third-order valence-electron chi connectivity index (χ3n) is 4.01. The zero-order valence-corrected chi connectivity index (χ0v) is 12.1. The van der Waals surface area contributed by atoms with E-state index in [1.165, 1.54) is 0 Å². The van der Waals surface area contributed by atoms with Crippen molar-refractivity contribution in [2.45, 2.75) is 31.8 Å². The van der Waals surface area contributed by atoms with Crippen molar-refractivity contribution < 1.29 is 18.7 Å². The van der Waals surface area contributed by atoms with Crippen LogP contribution in [0.4, 0.5) is 0 Å². The van der Waals surface area contributed by atoms with E-state index in [4.69, 9.17) is 13.6 Å². The van der Waals surface area contributed by atoms with Crippen molar-refractivity contribution in [3.8, 4) is 11.7 Å². The fourth-order valence-corrected chi connectivity index (χ4v) is 2.52. The Kier molecular flexibility index (Phi) is 4.10. The maximum absolute atomic E-state index is 9.67. The van der Waals surface area contributed by atoms with Gasteiger partial charge in [-0.3, -0.25) is 0 Å². The molecule has 114 valence electrons. The van der Waals surface area contributed by atoms with Gasteiger partial charge in [0.1, 0.15) is 5.76 Å². The Morgan fingerprint density at radius 3 is 2.86 bits per heavy atom. The van der Waals surface area contributed by atoms with Crippen LogP contribution in [0.5, 0.6) is 0 Å². The van der Waals surface area contributed by atoms with Crippen molar-refractivity contribution in [3.05, 3.63) is 29.9 Å². The highest BCUT2D eigenvalue weighted by atomic mass is 16.5. The van der Waals surface area contributed by atoms with E-state index in [9.17, 15) is 5.11 Å². The molecule has 0 bridgehead atoms. The summed E-state index contributed by atoms with van der Waals surface area (Å²) >= 11 is 0. The van der Waals surface area contributed by atoms with Gasteiger partial charge in [-0.2, -0.15) is 0 Å². The summed E-state index contributed by atoms with van der Waals surface area (Å²) < 4.78 is 16.3. The minimum absolute atomic E-state index is 0.0955. The van der Waals surface area contributed by atoms with Gasteiger partial charge in [0, 0.05) is 25.3 Å². The fraction of sp³-hybridized carbons (Fsp3) is 0.533. The van der Waals surface area contributed by atoms with Crippen molar-refractivity contribution in [2.75, 3.05) is 19.8 Å². The van der Waals surface area contributed by atoms with E-state index >= 15 is 0 Å². The second-order valence-electron chi connectivity index (χ2n) is 5.40. The van der Waals surface area contributed by atoms with Gasteiger partial charge in [-0.1, -0.05) is 0 Å². The first-order valence-electron chi connectivity index (χ1n) is 7.16. The topological polar surface area (TPSA) is 80.7 Å². The number of oxazole rings is 1. The van der Waals surface area contributed by atoms with E-state index in [-0.39, 0.29) is 12.1 Å². The lowest BCUT2D eigenvalue weighted by molar-refractivity contribution is 0.0110. The lowest BCUT2D eigenvalue weighted by Gasteiger charge is -2.36. The predicted molar refractivity (Wildman–Crippen MR) is 75.7 cm³/mol. The molecule has 6 heteroatoms. The van der Waals surface area contributed by atoms with Crippen LogP contribution in [0.25, 0.3) is 11.7 Å². The first-order chi connectivity index (χ1) is 10.2. The quantitative estimate of drug-likeness (QED) is 0.875. The Balaban J connectivity index is 1.70. The number of furan rings is 1. The molecule has 0 aromatic carbocycles. The fourth-order valence-electron chi connectivity index (χ4n) is 2.52. The van der Waals surface area contributed by atoms with Gasteiger partial charge in [0.2, 0.25) is 0 Å². The van der Waals surface area contributed by atoms with Crippen LogP contribution in [0.15, 0.2) is 27.2 Å². The van der Waals surface area contributed by atoms with Gasteiger partial charge in [-0.05, 0) is 31.9 Å². The number of nitrogens with zero attached hydrogens (tertiary/aromatic N) is 1. The largest absolute Gasteiger partial charge is 0.459 e. The highest BCUT2D eigenvalue weighted by molar-refractivity contribution is 5.44. The van der Waals surface area contributed by atoms with E-state index in [0.717, 1.165) is 24.3 Å². The van der Waals surface area contributed by atoms with Gasteiger partial charge in [0.05, 0.1) is 18.6 Å². The van der Waals surface area contributed by atoms with Gasteiger partial charge in [-0.15, -0.1) is 0 Å². The van der Waals surface area contributed by atoms with Gasteiger partial charge < -0.3 is 24.0 Å². The van der Waals surface area contributed by atoms with Crippen LogP contribution in [-0.2, 0) is 11.3 Å². The summed E-state index contributed by atoms with van der Waals surface area (Å²) in [5.74, 6) is 1.86. The molecular formula is C15H20N2O4. The highest BCUT2D eigenvalue weighted by Gasteiger charge is 2.31. The van der Waals surface area contributed by atoms with E-state index in [2.05, 4.69) is 10.3 Å². The van der Waals surface area contributed by atoms with Gasteiger partial charge in [-0.25, -0.2) is 4.98 Å². The van der Waals surface area contributed by atoms with Crippen molar-refractivity contribution >= 4 is 0 Å². The van der Waals surface area contributed by atoms with Crippen molar-refractivity contribution in [3.63, 3.8) is 0 Å². The summed E-state index contributed by atoms with van der Waals surface area (Å²) in [5.41, 5.74) is 0.551. The summed E-state index contributed by atoms with van der Waals surface area (Å²) in [4.78, 5) is 4.47. The first kappa shape index (κ1) is 14.3. The Bertz CT molecular complexity index is 571. The van der Waals surface area contributed by atoms with Crippen molar-refractivity contribution in [2.24, 2.45) is 0 Å². The molecule has 2 aromatic rings. The van der Waals surface area contributed by atoms with Crippen LogP contribution < -0.4 is 5.32 Å². The normalized spacial score (nSPS) is 18.0. The van der Waals surface area contributed by atoms with Crippen LogP contribution >= 0.6 is 0 Å². The number of aromatic nitrogens is 1. The Labute approximate surface area is 123 Å². The second kappa shape index (κ2) is 6.01. The highest BCUT2D eigenvalue weighted by Crippen LogP contribution is 2.24. The Morgan fingerprint density at radius 1 is 1.38 bits per heavy atom. The number of aliphatic hydroxyl groups excluding tert-OH is 1. The molecule has 1 fully saturated rings. The predicted octanol–water partition coefficient (Wildman–Crippen LogP) is 1.87. The van der Waals surface area contributed by atoms with Gasteiger partial charge >= 0.3 is 0 Å². The molecule has 2 aromatic heterocycles. The lowest BCUT2D eigenvalue weighted by Crippen LogP contribution is -2.52. The van der Waals surface area contributed by atoms with E-state index in [1.807, 2.05) is 13.0 Å². The number of rotatable bonds is 5. The van der Waals surface area contributed by atoms with E-state index in [0.29, 0.717) is 31.4 Å². The van der Waals surface area contributed by atoms with Crippen LogP contribution in [-0.4, -0.2) is 35.5 Å². The molecular weight excluding hydrogens is 272 g/mol. The summed E-state index contributed by atoms with van der Waals surface area (Å²) in [5, 5.41) is 13.1. The third kappa shape index (κ3) is 3.02. The molecule has 21 heavy (non-hydrogen) atoms. The minimum atomic E-state index is -0.283. The molecule has 3 rings (SSSR count). The Morgan fingerprint density at radius 2 is 2.19 bits per heavy atom. The first-order valence-corrected chi connectivity index (χ1v) is 7.16. The van der Waals surface area contributed by atoms with Crippen molar-refractivity contribution in [1.82, 2.24) is 10.3 Å².